The second kappa shape index (κ2) is 5.99. The summed E-state index contributed by atoms with van der Waals surface area (Å²) >= 11 is 0. The van der Waals surface area contributed by atoms with Crippen LogP contribution in [0.1, 0.15) is 34.2 Å². The highest BCUT2D eigenvalue weighted by atomic mass is 16.5. The van der Waals surface area contributed by atoms with Gasteiger partial charge in [-0.3, -0.25) is 4.79 Å². The molecule has 0 bridgehead atoms. The van der Waals surface area contributed by atoms with Crippen molar-refractivity contribution in [3.05, 3.63) is 40.7 Å². The van der Waals surface area contributed by atoms with Crippen LogP contribution >= 0.6 is 0 Å². The van der Waals surface area contributed by atoms with Gasteiger partial charge in [0.1, 0.15) is 0 Å². The van der Waals surface area contributed by atoms with Gasteiger partial charge in [-0.25, -0.2) is 4.68 Å². The number of methoxy groups -OCH3 is 2. The van der Waals surface area contributed by atoms with Gasteiger partial charge in [-0.15, -0.1) is 0 Å². The predicted molar refractivity (Wildman–Crippen MR) is 80.4 cm³/mol. The van der Waals surface area contributed by atoms with Crippen molar-refractivity contribution in [3.63, 3.8) is 0 Å². The summed E-state index contributed by atoms with van der Waals surface area (Å²) < 4.78 is 11.9. The Balaban J connectivity index is 2.45. The van der Waals surface area contributed by atoms with E-state index in [9.17, 15) is 4.79 Å². The van der Waals surface area contributed by atoms with E-state index in [4.69, 9.17) is 9.47 Å². The monoisotopic (exact) mass is 288 g/mol. The summed E-state index contributed by atoms with van der Waals surface area (Å²) in [5.74, 6) is 0.952. The van der Waals surface area contributed by atoms with Gasteiger partial charge in [0.05, 0.1) is 19.9 Å². The lowest BCUT2D eigenvalue weighted by Crippen LogP contribution is -2.15. The Bertz CT molecular complexity index is 674. The number of hydrogen-bond acceptors (Lipinski definition) is 4. The van der Waals surface area contributed by atoms with Crippen LogP contribution in [0, 0.1) is 13.8 Å². The Kier molecular flexibility index (Phi) is 4.31. The number of rotatable bonds is 4. The summed E-state index contributed by atoms with van der Waals surface area (Å²) in [5, 5.41) is 4.35. The van der Waals surface area contributed by atoms with Crippen molar-refractivity contribution in [2.24, 2.45) is 0 Å². The molecule has 2 rings (SSSR count). The molecule has 0 amide bonds. The third-order valence-corrected chi connectivity index (χ3v) is 3.62. The van der Waals surface area contributed by atoms with Crippen molar-refractivity contribution in [2.45, 2.75) is 27.2 Å². The molecule has 5 heteroatoms. The lowest BCUT2D eigenvalue weighted by molar-refractivity contribution is 0.0942. The number of hydrogen-bond donors (Lipinski definition) is 0. The van der Waals surface area contributed by atoms with Gasteiger partial charge in [0.2, 0.25) is 0 Å². The molecule has 1 heterocycles. The van der Waals surface area contributed by atoms with E-state index < -0.39 is 0 Å². The standard InChI is InChI=1S/C16H20N2O3/c1-6-13-10(2)17-18(11(13)3)16(19)12-7-8-14(20-4)15(9-12)21-5/h7-9H,6H2,1-5H3. The number of aromatic nitrogens is 2. The molecule has 2 aromatic rings. The van der Waals surface area contributed by atoms with Gasteiger partial charge in [-0.2, -0.15) is 5.10 Å². The smallest absolute Gasteiger partial charge is 0.278 e. The molecule has 5 nitrogen and oxygen atoms in total. The normalized spacial score (nSPS) is 10.5. The predicted octanol–water partition coefficient (Wildman–Crippen LogP) is 2.77. The first kappa shape index (κ1) is 15.1. The highest BCUT2D eigenvalue weighted by molar-refractivity contribution is 5.96. The van der Waals surface area contributed by atoms with E-state index in [1.165, 1.54) is 4.68 Å². The maximum absolute atomic E-state index is 12.6. The topological polar surface area (TPSA) is 53.4 Å². The summed E-state index contributed by atoms with van der Waals surface area (Å²) in [6, 6.07) is 5.10. The van der Waals surface area contributed by atoms with Gasteiger partial charge in [0, 0.05) is 11.3 Å². The molecule has 0 saturated heterocycles. The molecule has 21 heavy (non-hydrogen) atoms. The van der Waals surface area contributed by atoms with Crippen molar-refractivity contribution in [3.8, 4) is 11.5 Å². The van der Waals surface area contributed by atoms with E-state index in [-0.39, 0.29) is 5.91 Å². The minimum atomic E-state index is -0.170. The first-order chi connectivity index (χ1) is 10.0. The zero-order chi connectivity index (χ0) is 15.6. The number of benzene rings is 1. The molecular formula is C16H20N2O3. The van der Waals surface area contributed by atoms with Crippen LogP contribution in [0.4, 0.5) is 0 Å². The van der Waals surface area contributed by atoms with Gasteiger partial charge in [-0.05, 0) is 44.0 Å². The number of carbonyl (C=O) groups excluding carboxylic acids is 1. The van der Waals surface area contributed by atoms with Crippen LogP contribution < -0.4 is 9.47 Å². The molecule has 0 atom stereocenters. The second-order valence-corrected chi connectivity index (χ2v) is 4.79. The van der Waals surface area contributed by atoms with E-state index in [0.29, 0.717) is 17.1 Å². The SMILES string of the molecule is CCc1c(C)nn(C(=O)c2ccc(OC)c(OC)c2)c1C. The number of aryl methyl sites for hydroxylation is 1. The van der Waals surface area contributed by atoms with Crippen LogP contribution in [0.25, 0.3) is 0 Å². The number of carbonyl (C=O) groups is 1. The van der Waals surface area contributed by atoms with E-state index in [2.05, 4.69) is 12.0 Å². The van der Waals surface area contributed by atoms with Gasteiger partial charge in [-0.1, -0.05) is 6.92 Å². The number of nitrogens with zero attached hydrogens (tertiary/aromatic N) is 2. The molecule has 0 fully saturated rings. The summed E-state index contributed by atoms with van der Waals surface area (Å²) in [6.07, 6.45) is 0.858. The average Bonchev–Trinajstić information content (AvgIpc) is 2.79. The first-order valence-corrected chi connectivity index (χ1v) is 6.85. The van der Waals surface area contributed by atoms with Crippen LogP contribution in [0.5, 0.6) is 11.5 Å². The third kappa shape index (κ3) is 2.63. The molecule has 0 N–H and O–H groups in total. The molecule has 112 valence electrons. The average molecular weight is 288 g/mol. The summed E-state index contributed by atoms with van der Waals surface area (Å²) in [4.78, 5) is 12.6. The molecule has 0 radical (unpaired) electrons. The largest absolute Gasteiger partial charge is 0.493 e. The molecule has 0 aliphatic carbocycles. The molecule has 1 aromatic carbocycles. The van der Waals surface area contributed by atoms with E-state index >= 15 is 0 Å². The first-order valence-electron chi connectivity index (χ1n) is 6.85. The number of ether oxygens (including phenoxy) is 2. The van der Waals surface area contributed by atoms with E-state index in [0.717, 1.165) is 23.4 Å². The quantitative estimate of drug-likeness (QED) is 0.868. The van der Waals surface area contributed by atoms with Crippen molar-refractivity contribution >= 4 is 5.91 Å². The van der Waals surface area contributed by atoms with Gasteiger partial charge < -0.3 is 9.47 Å². The highest BCUT2D eigenvalue weighted by Crippen LogP contribution is 2.28. The van der Waals surface area contributed by atoms with Crippen LogP contribution in [-0.2, 0) is 6.42 Å². The minimum absolute atomic E-state index is 0.170. The molecular weight excluding hydrogens is 268 g/mol. The van der Waals surface area contributed by atoms with Crippen molar-refractivity contribution in [1.82, 2.24) is 9.78 Å². The third-order valence-electron chi connectivity index (χ3n) is 3.62. The highest BCUT2D eigenvalue weighted by Gasteiger charge is 2.18. The molecule has 0 aliphatic heterocycles. The minimum Gasteiger partial charge on any atom is -0.493 e. The molecule has 0 aliphatic rings. The van der Waals surface area contributed by atoms with E-state index in [1.54, 1.807) is 32.4 Å². The second-order valence-electron chi connectivity index (χ2n) is 4.79. The van der Waals surface area contributed by atoms with Crippen LogP contribution in [0.3, 0.4) is 0 Å². The maximum Gasteiger partial charge on any atom is 0.278 e. The summed E-state index contributed by atoms with van der Waals surface area (Å²) in [6.45, 7) is 5.89. The maximum atomic E-state index is 12.6. The fourth-order valence-electron chi connectivity index (χ4n) is 2.48. The fraction of sp³-hybridized carbons (Fsp3) is 0.375. The van der Waals surface area contributed by atoms with E-state index in [1.807, 2.05) is 13.8 Å². The summed E-state index contributed by atoms with van der Waals surface area (Å²) in [5.41, 5.74) is 3.41. The zero-order valence-corrected chi connectivity index (χ0v) is 13.1. The lowest BCUT2D eigenvalue weighted by atomic mass is 10.1. The summed E-state index contributed by atoms with van der Waals surface area (Å²) in [7, 11) is 3.11. The molecule has 1 aromatic heterocycles. The van der Waals surface area contributed by atoms with Crippen LogP contribution in [0.15, 0.2) is 18.2 Å². The van der Waals surface area contributed by atoms with Gasteiger partial charge in [0.25, 0.3) is 5.91 Å². The Labute approximate surface area is 124 Å². The Morgan fingerprint density at radius 2 is 1.86 bits per heavy atom. The van der Waals surface area contributed by atoms with Gasteiger partial charge in [0.15, 0.2) is 11.5 Å². The van der Waals surface area contributed by atoms with Crippen LogP contribution in [-0.4, -0.2) is 29.9 Å². The molecule has 0 spiro atoms. The van der Waals surface area contributed by atoms with Crippen molar-refractivity contribution in [2.75, 3.05) is 14.2 Å². The molecule has 0 unspecified atom stereocenters. The van der Waals surface area contributed by atoms with Gasteiger partial charge >= 0.3 is 0 Å². The zero-order valence-electron chi connectivity index (χ0n) is 13.1. The lowest BCUT2D eigenvalue weighted by Gasteiger charge is -2.09. The molecule has 0 saturated carbocycles. The Morgan fingerprint density at radius 1 is 1.19 bits per heavy atom. The fourth-order valence-corrected chi connectivity index (χ4v) is 2.48. The Morgan fingerprint density at radius 3 is 2.38 bits per heavy atom. The van der Waals surface area contributed by atoms with Crippen molar-refractivity contribution < 1.29 is 14.3 Å². The van der Waals surface area contributed by atoms with Crippen molar-refractivity contribution in [1.29, 1.82) is 0 Å². The Hall–Kier alpha value is -2.30. The van der Waals surface area contributed by atoms with Crippen LogP contribution in [0.2, 0.25) is 0 Å².